The van der Waals surface area contributed by atoms with Crippen LogP contribution in [-0.4, -0.2) is 32.7 Å². The van der Waals surface area contributed by atoms with Gasteiger partial charge in [0.05, 0.1) is 23.7 Å². The Hall–Kier alpha value is -4.40. The fourth-order valence-electron chi connectivity index (χ4n) is 3.82. The number of fused-ring (bicyclic) bond motifs is 1. The molecule has 0 saturated heterocycles. The summed E-state index contributed by atoms with van der Waals surface area (Å²) in [5, 5.41) is 2.98. The van der Waals surface area contributed by atoms with E-state index in [9.17, 15) is 19.2 Å². The molecule has 0 atom stereocenters. The summed E-state index contributed by atoms with van der Waals surface area (Å²) in [5.41, 5.74) is 0.860. The van der Waals surface area contributed by atoms with Gasteiger partial charge in [0.25, 0.3) is 11.5 Å². The highest BCUT2D eigenvalue weighted by atomic mass is 16.5. The maximum Gasteiger partial charge on any atom is 0.339 e. The first-order valence-corrected chi connectivity index (χ1v) is 10.2. The molecule has 4 rings (SSSR count). The van der Waals surface area contributed by atoms with Gasteiger partial charge in [-0.2, -0.15) is 0 Å². The number of carbonyl (C=O) groups is 2. The van der Waals surface area contributed by atoms with Crippen molar-refractivity contribution in [3.05, 3.63) is 98.3 Å². The van der Waals surface area contributed by atoms with Crippen molar-refractivity contribution in [1.29, 1.82) is 0 Å². The summed E-state index contributed by atoms with van der Waals surface area (Å²) in [4.78, 5) is 50.9. The third-order valence-corrected chi connectivity index (χ3v) is 5.49. The van der Waals surface area contributed by atoms with E-state index in [0.29, 0.717) is 5.65 Å². The number of anilines is 1. The zero-order chi connectivity index (χ0) is 23.7. The number of ether oxygens (including phenoxy) is 1. The molecule has 0 saturated carbocycles. The number of nitrogens with one attached hydrogen (secondary N) is 1. The molecule has 1 amide bonds. The number of carbonyl (C=O) groups excluding carboxylic acids is 2. The molecule has 9 heteroatoms. The van der Waals surface area contributed by atoms with Crippen LogP contribution in [0.25, 0.3) is 11.0 Å². The SMILES string of the molecule is COC(=O)c1ccccc1NC(=O)c1cc2c(=O)n(C)c(=O)n(C)c2n1Cc1ccccc1. The number of benzene rings is 2. The number of para-hydroxylation sites is 1. The van der Waals surface area contributed by atoms with Crippen LogP contribution in [0.2, 0.25) is 0 Å². The number of aromatic nitrogens is 3. The van der Waals surface area contributed by atoms with Crippen molar-refractivity contribution in [2.45, 2.75) is 6.54 Å². The van der Waals surface area contributed by atoms with Crippen molar-refractivity contribution >= 4 is 28.6 Å². The first kappa shape index (κ1) is 21.8. The van der Waals surface area contributed by atoms with Gasteiger partial charge in [-0.15, -0.1) is 0 Å². The molecule has 0 aliphatic carbocycles. The zero-order valence-corrected chi connectivity index (χ0v) is 18.4. The standard InChI is InChI=1S/C24H22N4O5/c1-26-21-17(22(30)27(2)24(26)32)13-19(28(21)14-15-9-5-4-6-10-15)20(29)25-18-12-8-7-11-16(18)23(31)33-3/h4-13H,14H2,1-3H3,(H,25,29). The van der Waals surface area contributed by atoms with Crippen molar-refractivity contribution in [3.8, 4) is 0 Å². The molecule has 1 N–H and O–H groups in total. The third-order valence-electron chi connectivity index (χ3n) is 5.49. The number of rotatable bonds is 5. The summed E-state index contributed by atoms with van der Waals surface area (Å²) in [7, 11) is 4.21. The van der Waals surface area contributed by atoms with Crippen LogP contribution < -0.4 is 16.6 Å². The fraction of sp³-hybridized carbons (Fsp3) is 0.167. The number of aryl methyl sites for hydroxylation is 1. The zero-order valence-electron chi connectivity index (χ0n) is 18.4. The van der Waals surface area contributed by atoms with Gasteiger partial charge in [-0.25, -0.2) is 9.59 Å². The highest BCUT2D eigenvalue weighted by Gasteiger charge is 2.23. The summed E-state index contributed by atoms with van der Waals surface area (Å²) < 4.78 is 8.77. The Labute approximate surface area is 188 Å². The highest BCUT2D eigenvalue weighted by Crippen LogP contribution is 2.21. The van der Waals surface area contributed by atoms with Crippen molar-refractivity contribution < 1.29 is 14.3 Å². The Kier molecular flexibility index (Phi) is 5.70. The van der Waals surface area contributed by atoms with E-state index in [1.54, 1.807) is 35.9 Å². The highest BCUT2D eigenvalue weighted by molar-refractivity contribution is 6.09. The summed E-state index contributed by atoms with van der Waals surface area (Å²) in [6.45, 7) is 0.256. The molecule has 0 radical (unpaired) electrons. The number of hydrogen-bond acceptors (Lipinski definition) is 5. The van der Waals surface area contributed by atoms with Crippen LogP contribution in [0.15, 0.2) is 70.3 Å². The lowest BCUT2D eigenvalue weighted by Crippen LogP contribution is -2.37. The quantitative estimate of drug-likeness (QED) is 0.473. The number of hydrogen-bond donors (Lipinski definition) is 1. The number of methoxy groups -OCH3 is 1. The largest absolute Gasteiger partial charge is 0.465 e. The lowest BCUT2D eigenvalue weighted by Gasteiger charge is -2.14. The average Bonchev–Trinajstić information content (AvgIpc) is 3.21. The Balaban J connectivity index is 1.89. The van der Waals surface area contributed by atoms with Gasteiger partial charge < -0.3 is 14.6 Å². The Morgan fingerprint density at radius 1 is 0.939 bits per heavy atom. The Morgan fingerprint density at radius 2 is 1.61 bits per heavy atom. The van der Waals surface area contributed by atoms with Crippen LogP contribution in [0.1, 0.15) is 26.4 Å². The minimum absolute atomic E-state index is 0.173. The molecule has 0 aliphatic heterocycles. The normalized spacial score (nSPS) is 10.9. The maximum absolute atomic E-state index is 13.4. The van der Waals surface area contributed by atoms with E-state index in [0.717, 1.165) is 10.1 Å². The molecule has 2 heterocycles. The van der Waals surface area contributed by atoms with E-state index >= 15 is 0 Å². The average molecular weight is 446 g/mol. The molecule has 4 aromatic rings. The lowest BCUT2D eigenvalue weighted by molar-refractivity contribution is 0.0602. The molecular weight excluding hydrogens is 424 g/mol. The van der Waals surface area contributed by atoms with E-state index in [1.807, 2.05) is 30.3 Å². The van der Waals surface area contributed by atoms with E-state index in [-0.39, 0.29) is 28.9 Å². The molecule has 33 heavy (non-hydrogen) atoms. The van der Waals surface area contributed by atoms with Gasteiger partial charge in [-0.3, -0.25) is 18.7 Å². The maximum atomic E-state index is 13.4. The second-order valence-corrected chi connectivity index (χ2v) is 7.54. The Bertz CT molecular complexity index is 1500. The topological polar surface area (TPSA) is 104 Å². The van der Waals surface area contributed by atoms with Crippen LogP contribution in [0.3, 0.4) is 0 Å². The molecular formula is C24H22N4O5. The second kappa shape index (κ2) is 8.62. The molecule has 0 fully saturated rings. The summed E-state index contributed by atoms with van der Waals surface area (Å²) >= 11 is 0. The molecule has 0 unspecified atom stereocenters. The smallest absolute Gasteiger partial charge is 0.339 e. The summed E-state index contributed by atoms with van der Waals surface area (Å²) in [5.74, 6) is -1.13. The predicted octanol–water partition coefficient (Wildman–Crippen LogP) is 2.13. The van der Waals surface area contributed by atoms with Crippen LogP contribution >= 0.6 is 0 Å². The lowest BCUT2D eigenvalue weighted by atomic mass is 10.1. The van der Waals surface area contributed by atoms with Gasteiger partial charge in [-0.1, -0.05) is 42.5 Å². The van der Waals surface area contributed by atoms with Gasteiger partial charge in [0.1, 0.15) is 11.3 Å². The van der Waals surface area contributed by atoms with Crippen molar-refractivity contribution in [2.75, 3.05) is 12.4 Å². The van der Waals surface area contributed by atoms with Gasteiger partial charge in [-0.05, 0) is 23.8 Å². The monoisotopic (exact) mass is 446 g/mol. The van der Waals surface area contributed by atoms with E-state index in [1.165, 1.54) is 24.8 Å². The molecule has 0 spiro atoms. The molecule has 9 nitrogen and oxygen atoms in total. The van der Waals surface area contributed by atoms with Gasteiger partial charge in [0.2, 0.25) is 0 Å². The molecule has 0 bridgehead atoms. The van der Waals surface area contributed by atoms with Gasteiger partial charge in [0, 0.05) is 20.6 Å². The molecule has 0 aliphatic rings. The molecule has 168 valence electrons. The molecule has 2 aromatic heterocycles. The van der Waals surface area contributed by atoms with Crippen LogP contribution in [0.4, 0.5) is 5.69 Å². The first-order valence-electron chi connectivity index (χ1n) is 10.2. The Morgan fingerprint density at radius 3 is 2.30 bits per heavy atom. The van der Waals surface area contributed by atoms with Gasteiger partial charge >= 0.3 is 11.7 Å². The minimum atomic E-state index is -0.591. The predicted molar refractivity (Wildman–Crippen MR) is 124 cm³/mol. The van der Waals surface area contributed by atoms with Crippen LogP contribution in [0.5, 0.6) is 0 Å². The second-order valence-electron chi connectivity index (χ2n) is 7.54. The van der Waals surface area contributed by atoms with Gasteiger partial charge in [0.15, 0.2) is 0 Å². The summed E-state index contributed by atoms with van der Waals surface area (Å²) in [6, 6.07) is 17.3. The van der Waals surface area contributed by atoms with E-state index in [4.69, 9.17) is 4.74 Å². The minimum Gasteiger partial charge on any atom is -0.465 e. The van der Waals surface area contributed by atoms with E-state index < -0.39 is 23.1 Å². The van der Waals surface area contributed by atoms with Crippen LogP contribution in [-0.2, 0) is 25.4 Å². The van der Waals surface area contributed by atoms with E-state index in [2.05, 4.69) is 5.32 Å². The molecule has 2 aromatic carbocycles. The van der Waals surface area contributed by atoms with Crippen LogP contribution in [0, 0.1) is 0 Å². The fourth-order valence-corrected chi connectivity index (χ4v) is 3.82. The van der Waals surface area contributed by atoms with Crippen molar-refractivity contribution in [3.63, 3.8) is 0 Å². The first-order chi connectivity index (χ1) is 15.8. The number of esters is 1. The van der Waals surface area contributed by atoms with Crippen molar-refractivity contribution in [1.82, 2.24) is 13.7 Å². The summed E-state index contributed by atoms with van der Waals surface area (Å²) in [6.07, 6.45) is 0. The number of amides is 1. The number of nitrogens with zero attached hydrogens (tertiary/aromatic N) is 3. The van der Waals surface area contributed by atoms with Crippen molar-refractivity contribution in [2.24, 2.45) is 14.1 Å². The third kappa shape index (κ3) is 3.84.